The van der Waals surface area contributed by atoms with Gasteiger partial charge in [-0.3, -0.25) is 14.6 Å². The first-order valence-corrected chi connectivity index (χ1v) is 9.79. The zero-order chi connectivity index (χ0) is 17.2. The van der Waals surface area contributed by atoms with Gasteiger partial charge < -0.3 is 9.73 Å². The lowest BCUT2D eigenvalue weighted by molar-refractivity contribution is -0.122. The first kappa shape index (κ1) is 16.8. The second kappa shape index (κ2) is 7.27. The molecule has 3 heterocycles. The molecular weight excluding hydrogens is 336 g/mol. The Morgan fingerprint density at radius 1 is 1.32 bits per heavy atom. The van der Waals surface area contributed by atoms with Gasteiger partial charge in [0.05, 0.1) is 17.1 Å². The number of hydrogen-bond acceptors (Lipinski definition) is 6. The third-order valence-electron chi connectivity index (χ3n) is 4.77. The van der Waals surface area contributed by atoms with Crippen LogP contribution in [0.2, 0.25) is 0 Å². The molecule has 0 bridgehead atoms. The van der Waals surface area contributed by atoms with Crippen molar-refractivity contribution in [3.05, 3.63) is 29.0 Å². The van der Waals surface area contributed by atoms with Gasteiger partial charge in [0.1, 0.15) is 5.76 Å². The lowest BCUT2D eigenvalue weighted by atomic mass is 10.2. The van der Waals surface area contributed by atoms with Gasteiger partial charge in [-0.25, -0.2) is 4.98 Å². The van der Waals surface area contributed by atoms with Crippen molar-refractivity contribution in [2.24, 2.45) is 0 Å². The fourth-order valence-electron chi connectivity index (χ4n) is 3.10. The normalized spacial score (nSPS) is 19.2. The molecule has 1 aliphatic carbocycles. The standard InChI is InChI=1S/C18H24N4O2S/c1-13-15(20-18(24-13)16-3-2-10-25-16)11-21-6-8-22(9-7-21)12-17(23)19-14-4-5-14/h2-3,10,14H,4-9,11-12H2,1H3,(H,19,23). The maximum absolute atomic E-state index is 11.9. The fraction of sp³-hybridized carbons (Fsp3) is 0.556. The highest BCUT2D eigenvalue weighted by Gasteiger charge is 2.25. The first-order valence-electron chi connectivity index (χ1n) is 8.91. The number of aromatic nitrogens is 1. The molecule has 1 N–H and O–H groups in total. The Morgan fingerprint density at radius 3 is 2.76 bits per heavy atom. The van der Waals surface area contributed by atoms with Gasteiger partial charge in [-0.15, -0.1) is 11.3 Å². The summed E-state index contributed by atoms with van der Waals surface area (Å²) in [5.74, 6) is 1.79. The Labute approximate surface area is 151 Å². The van der Waals surface area contributed by atoms with Crippen LogP contribution in [0, 0.1) is 6.92 Å². The van der Waals surface area contributed by atoms with E-state index in [9.17, 15) is 4.79 Å². The van der Waals surface area contributed by atoms with E-state index >= 15 is 0 Å². The molecule has 2 fully saturated rings. The number of rotatable bonds is 6. The number of oxazole rings is 1. The van der Waals surface area contributed by atoms with Crippen molar-refractivity contribution in [2.45, 2.75) is 32.4 Å². The molecule has 0 atom stereocenters. The summed E-state index contributed by atoms with van der Waals surface area (Å²) in [5.41, 5.74) is 1.02. The van der Waals surface area contributed by atoms with E-state index in [2.05, 4.69) is 20.1 Å². The highest BCUT2D eigenvalue weighted by atomic mass is 32.1. The summed E-state index contributed by atoms with van der Waals surface area (Å²) >= 11 is 1.64. The molecule has 1 aliphatic heterocycles. The molecule has 0 radical (unpaired) electrons. The molecular formula is C18H24N4O2S. The predicted molar refractivity (Wildman–Crippen MR) is 97.4 cm³/mol. The Hall–Kier alpha value is -1.70. The Morgan fingerprint density at radius 2 is 2.08 bits per heavy atom. The summed E-state index contributed by atoms with van der Waals surface area (Å²) in [4.78, 5) is 22.3. The molecule has 7 heteroatoms. The average Bonchev–Trinajstić information content (AvgIpc) is 3.09. The smallest absolute Gasteiger partial charge is 0.236 e. The highest BCUT2D eigenvalue weighted by molar-refractivity contribution is 7.13. The van der Waals surface area contributed by atoms with E-state index in [1.54, 1.807) is 11.3 Å². The first-order chi connectivity index (χ1) is 12.2. The number of aryl methyl sites for hydroxylation is 1. The zero-order valence-corrected chi connectivity index (χ0v) is 15.3. The minimum Gasteiger partial charge on any atom is -0.440 e. The minimum absolute atomic E-state index is 0.170. The Kier molecular flexibility index (Phi) is 4.87. The van der Waals surface area contributed by atoms with Gasteiger partial charge in [0.2, 0.25) is 11.8 Å². The second-order valence-electron chi connectivity index (χ2n) is 6.89. The summed E-state index contributed by atoms with van der Waals surface area (Å²) in [7, 11) is 0. The largest absolute Gasteiger partial charge is 0.440 e. The molecule has 1 saturated heterocycles. The molecule has 0 aromatic carbocycles. The molecule has 1 amide bonds. The van der Waals surface area contributed by atoms with Crippen LogP contribution in [0.25, 0.3) is 10.8 Å². The van der Waals surface area contributed by atoms with Crippen molar-refractivity contribution in [3.63, 3.8) is 0 Å². The Balaban J connectivity index is 1.27. The summed E-state index contributed by atoms with van der Waals surface area (Å²) in [6.45, 7) is 7.07. The molecule has 0 unspecified atom stereocenters. The molecule has 6 nitrogen and oxygen atoms in total. The number of carbonyl (C=O) groups excluding carboxylic acids is 1. The maximum atomic E-state index is 11.9. The number of amides is 1. The van der Waals surface area contributed by atoms with Crippen molar-refractivity contribution >= 4 is 17.2 Å². The van der Waals surface area contributed by atoms with Crippen LogP contribution in [0.15, 0.2) is 21.9 Å². The number of carbonyl (C=O) groups is 1. The molecule has 2 aromatic rings. The van der Waals surface area contributed by atoms with Crippen molar-refractivity contribution < 1.29 is 9.21 Å². The third kappa shape index (κ3) is 4.29. The van der Waals surface area contributed by atoms with E-state index < -0.39 is 0 Å². The number of nitrogens with zero attached hydrogens (tertiary/aromatic N) is 3. The van der Waals surface area contributed by atoms with Gasteiger partial charge in [0.15, 0.2) is 0 Å². The SMILES string of the molecule is Cc1oc(-c2cccs2)nc1CN1CCN(CC(=O)NC2CC2)CC1. The van der Waals surface area contributed by atoms with Crippen molar-refractivity contribution in [1.29, 1.82) is 0 Å². The summed E-state index contributed by atoms with van der Waals surface area (Å²) in [6.07, 6.45) is 2.29. The van der Waals surface area contributed by atoms with Gasteiger partial charge >= 0.3 is 0 Å². The second-order valence-corrected chi connectivity index (χ2v) is 7.84. The van der Waals surface area contributed by atoms with Crippen LogP contribution in [0.1, 0.15) is 24.3 Å². The van der Waals surface area contributed by atoms with E-state index in [1.165, 1.54) is 0 Å². The Bertz CT molecular complexity index is 716. The van der Waals surface area contributed by atoms with Crippen molar-refractivity contribution in [1.82, 2.24) is 20.1 Å². The minimum atomic E-state index is 0.170. The topological polar surface area (TPSA) is 61.6 Å². The quantitative estimate of drug-likeness (QED) is 0.855. The average molecular weight is 360 g/mol. The van der Waals surface area contributed by atoms with Crippen LogP contribution in [0.5, 0.6) is 0 Å². The predicted octanol–water partition coefficient (Wildman–Crippen LogP) is 2.11. The molecule has 4 rings (SSSR count). The third-order valence-corrected chi connectivity index (χ3v) is 5.63. The van der Waals surface area contributed by atoms with Crippen LogP contribution in [0.3, 0.4) is 0 Å². The van der Waals surface area contributed by atoms with Crippen LogP contribution >= 0.6 is 11.3 Å². The fourth-order valence-corrected chi connectivity index (χ4v) is 3.75. The highest BCUT2D eigenvalue weighted by Crippen LogP contribution is 2.26. The number of thiophene rings is 1. The molecule has 1 saturated carbocycles. The molecule has 2 aliphatic rings. The lowest BCUT2D eigenvalue weighted by Gasteiger charge is -2.33. The van der Waals surface area contributed by atoms with Crippen LogP contribution in [-0.4, -0.2) is 59.5 Å². The molecule has 25 heavy (non-hydrogen) atoms. The van der Waals surface area contributed by atoms with Crippen molar-refractivity contribution in [3.8, 4) is 10.8 Å². The van der Waals surface area contributed by atoms with Gasteiger partial charge in [-0.1, -0.05) is 6.07 Å². The number of nitrogens with one attached hydrogen (secondary N) is 1. The number of hydrogen-bond donors (Lipinski definition) is 1. The van der Waals surface area contributed by atoms with E-state index in [0.717, 1.165) is 67.8 Å². The van der Waals surface area contributed by atoms with Crippen LogP contribution in [-0.2, 0) is 11.3 Å². The van der Waals surface area contributed by atoms with Gasteiger partial charge in [0, 0.05) is 38.8 Å². The van der Waals surface area contributed by atoms with Crippen LogP contribution in [0.4, 0.5) is 0 Å². The lowest BCUT2D eigenvalue weighted by Crippen LogP contribution is -2.49. The van der Waals surface area contributed by atoms with E-state index in [0.29, 0.717) is 12.6 Å². The van der Waals surface area contributed by atoms with Crippen molar-refractivity contribution in [2.75, 3.05) is 32.7 Å². The number of piperazine rings is 1. The zero-order valence-electron chi connectivity index (χ0n) is 14.5. The molecule has 2 aromatic heterocycles. The molecule has 0 spiro atoms. The van der Waals surface area contributed by atoms with E-state index in [-0.39, 0.29) is 5.91 Å². The molecule has 134 valence electrons. The van der Waals surface area contributed by atoms with Gasteiger partial charge in [0.25, 0.3) is 0 Å². The summed E-state index contributed by atoms with van der Waals surface area (Å²) in [6, 6.07) is 4.49. The van der Waals surface area contributed by atoms with E-state index in [1.807, 2.05) is 24.4 Å². The van der Waals surface area contributed by atoms with Gasteiger partial charge in [-0.2, -0.15) is 0 Å². The van der Waals surface area contributed by atoms with Gasteiger partial charge in [-0.05, 0) is 31.2 Å². The maximum Gasteiger partial charge on any atom is 0.236 e. The van der Waals surface area contributed by atoms with E-state index in [4.69, 9.17) is 4.42 Å². The summed E-state index contributed by atoms with van der Waals surface area (Å²) in [5, 5.41) is 5.09. The monoisotopic (exact) mass is 360 g/mol. The summed E-state index contributed by atoms with van der Waals surface area (Å²) < 4.78 is 5.83. The van der Waals surface area contributed by atoms with Crippen LogP contribution < -0.4 is 5.32 Å².